The van der Waals surface area contributed by atoms with Crippen LogP contribution in [0.1, 0.15) is 18.9 Å². The van der Waals surface area contributed by atoms with E-state index in [4.69, 9.17) is 14.5 Å². The Kier molecular flexibility index (Phi) is 6.67. The maximum Gasteiger partial charge on any atom is 0.134 e. The highest BCUT2D eigenvalue weighted by Gasteiger charge is 2.15. The normalized spacial score (nSPS) is 10.7. The van der Waals surface area contributed by atoms with Crippen molar-refractivity contribution < 1.29 is 9.47 Å². The molecule has 1 aromatic heterocycles. The van der Waals surface area contributed by atoms with E-state index in [0.717, 1.165) is 45.2 Å². The lowest BCUT2D eigenvalue weighted by atomic mass is 10.1. The largest absolute Gasteiger partial charge is 0.493 e. The van der Waals surface area contributed by atoms with Crippen molar-refractivity contribution in [3.05, 3.63) is 27.0 Å². The fourth-order valence-corrected chi connectivity index (χ4v) is 3.29. The van der Waals surface area contributed by atoms with Gasteiger partial charge in [-0.2, -0.15) is 0 Å². The Hall–Kier alpha value is -1.11. The number of ether oxygens (including phenoxy) is 2. The number of halogens is 1. The van der Waals surface area contributed by atoms with E-state index < -0.39 is 0 Å². The lowest BCUT2D eigenvalue weighted by Crippen LogP contribution is -2.09. The van der Waals surface area contributed by atoms with E-state index in [1.54, 1.807) is 11.3 Å². The molecule has 2 rings (SSSR count). The lowest BCUT2D eigenvalue weighted by molar-refractivity contribution is 0.330. The first-order valence-electron chi connectivity index (χ1n) is 7.38. The standard InChI is InChI=1S/C16H21BrN2O2S/c1-4-20-14-9-12(17)15(21-5-2)8-11(14)13-10-22-16(19-13)6-7-18-3/h8-10,18H,4-7H2,1-3H3. The SMILES string of the molecule is CCOc1cc(-c2csc(CCNC)n2)c(OCC)cc1Br. The summed E-state index contributed by atoms with van der Waals surface area (Å²) in [5, 5.41) is 6.34. The second-order valence-electron chi connectivity index (χ2n) is 4.62. The van der Waals surface area contributed by atoms with Crippen molar-refractivity contribution in [2.45, 2.75) is 20.3 Å². The topological polar surface area (TPSA) is 43.4 Å². The molecule has 0 atom stereocenters. The van der Waals surface area contributed by atoms with Crippen molar-refractivity contribution in [3.63, 3.8) is 0 Å². The minimum atomic E-state index is 0.615. The number of likely N-dealkylation sites (N-methyl/N-ethyl adjacent to an activating group) is 1. The van der Waals surface area contributed by atoms with Gasteiger partial charge in [-0.25, -0.2) is 4.98 Å². The van der Waals surface area contributed by atoms with Crippen molar-refractivity contribution in [1.29, 1.82) is 0 Å². The van der Waals surface area contributed by atoms with Crippen molar-refractivity contribution in [1.82, 2.24) is 10.3 Å². The number of nitrogens with zero attached hydrogens (tertiary/aromatic N) is 1. The summed E-state index contributed by atoms with van der Waals surface area (Å²) in [4.78, 5) is 4.72. The van der Waals surface area contributed by atoms with Crippen molar-refractivity contribution >= 4 is 27.3 Å². The number of hydrogen-bond acceptors (Lipinski definition) is 5. The third kappa shape index (κ3) is 4.21. The Morgan fingerprint density at radius 1 is 1.18 bits per heavy atom. The van der Waals surface area contributed by atoms with Gasteiger partial charge in [0.05, 0.1) is 28.4 Å². The Morgan fingerprint density at radius 2 is 1.91 bits per heavy atom. The van der Waals surface area contributed by atoms with E-state index in [1.165, 1.54) is 0 Å². The summed E-state index contributed by atoms with van der Waals surface area (Å²) in [5.74, 6) is 1.63. The van der Waals surface area contributed by atoms with E-state index in [9.17, 15) is 0 Å². The molecule has 22 heavy (non-hydrogen) atoms. The molecule has 2 aromatic rings. The molecule has 6 heteroatoms. The number of aromatic nitrogens is 1. The van der Waals surface area contributed by atoms with Crippen LogP contribution in [0.3, 0.4) is 0 Å². The fraction of sp³-hybridized carbons (Fsp3) is 0.438. The Balaban J connectivity index is 2.37. The summed E-state index contributed by atoms with van der Waals surface area (Å²) in [5.41, 5.74) is 1.91. The molecule has 0 bridgehead atoms. The van der Waals surface area contributed by atoms with Gasteiger partial charge >= 0.3 is 0 Å². The highest BCUT2D eigenvalue weighted by Crippen LogP contribution is 2.39. The van der Waals surface area contributed by atoms with E-state index in [0.29, 0.717) is 13.2 Å². The van der Waals surface area contributed by atoms with Crippen LogP contribution in [-0.4, -0.2) is 31.8 Å². The molecule has 4 nitrogen and oxygen atoms in total. The molecule has 0 saturated carbocycles. The first-order valence-corrected chi connectivity index (χ1v) is 9.05. The van der Waals surface area contributed by atoms with Crippen LogP contribution >= 0.6 is 27.3 Å². The molecular weight excluding hydrogens is 364 g/mol. The van der Waals surface area contributed by atoms with Gasteiger partial charge in [0.2, 0.25) is 0 Å². The number of thiazole rings is 1. The molecule has 0 fully saturated rings. The first kappa shape index (κ1) is 17.2. The first-order chi connectivity index (χ1) is 10.7. The Bertz CT molecular complexity index is 616. The second-order valence-corrected chi connectivity index (χ2v) is 6.42. The van der Waals surface area contributed by atoms with E-state index >= 15 is 0 Å². The number of benzene rings is 1. The summed E-state index contributed by atoms with van der Waals surface area (Å²) < 4.78 is 12.3. The van der Waals surface area contributed by atoms with Gasteiger partial charge in [-0.05, 0) is 49.0 Å². The van der Waals surface area contributed by atoms with Gasteiger partial charge in [-0.1, -0.05) is 0 Å². The van der Waals surface area contributed by atoms with Gasteiger partial charge in [0.15, 0.2) is 0 Å². The molecule has 0 saturated heterocycles. The van der Waals surface area contributed by atoms with Crippen LogP contribution in [0.5, 0.6) is 11.5 Å². The molecule has 0 spiro atoms. The zero-order valence-electron chi connectivity index (χ0n) is 13.1. The number of nitrogens with one attached hydrogen (secondary N) is 1. The predicted molar refractivity (Wildman–Crippen MR) is 95.2 cm³/mol. The molecule has 0 aliphatic rings. The van der Waals surface area contributed by atoms with Gasteiger partial charge in [-0.15, -0.1) is 11.3 Å². The molecule has 1 heterocycles. The van der Waals surface area contributed by atoms with Crippen LogP contribution < -0.4 is 14.8 Å². The van der Waals surface area contributed by atoms with E-state index in [2.05, 4.69) is 26.6 Å². The lowest BCUT2D eigenvalue weighted by Gasteiger charge is -2.13. The summed E-state index contributed by atoms with van der Waals surface area (Å²) in [7, 11) is 1.95. The van der Waals surface area contributed by atoms with Crippen molar-refractivity contribution in [3.8, 4) is 22.8 Å². The maximum atomic E-state index is 5.76. The van der Waals surface area contributed by atoms with Gasteiger partial charge in [0.1, 0.15) is 11.5 Å². The van der Waals surface area contributed by atoms with Crippen LogP contribution in [0.25, 0.3) is 11.3 Å². The second kappa shape index (κ2) is 8.50. The summed E-state index contributed by atoms with van der Waals surface area (Å²) in [6.07, 6.45) is 0.931. The zero-order chi connectivity index (χ0) is 15.9. The molecule has 1 aromatic carbocycles. The third-order valence-corrected chi connectivity index (χ3v) is 4.58. The molecule has 0 amide bonds. The van der Waals surface area contributed by atoms with E-state index in [-0.39, 0.29) is 0 Å². The fourth-order valence-electron chi connectivity index (χ4n) is 2.06. The monoisotopic (exact) mass is 384 g/mol. The Labute approximate surface area is 144 Å². The average Bonchev–Trinajstić information content (AvgIpc) is 2.97. The molecular formula is C16H21BrN2O2S. The minimum Gasteiger partial charge on any atom is -0.493 e. The predicted octanol–water partition coefficient (Wildman–Crippen LogP) is 4.13. The third-order valence-electron chi connectivity index (χ3n) is 3.05. The molecule has 1 N–H and O–H groups in total. The average molecular weight is 385 g/mol. The summed E-state index contributed by atoms with van der Waals surface area (Å²) >= 11 is 5.21. The van der Waals surface area contributed by atoms with Gasteiger partial charge in [0.25, 0.3) is 0 Å². The van der Waals surface area contributed by atoms with Gasteiger partial charge in [0, 0.05) is 23.9 Å². The van der Waals surface area contributed by atoms with Crippen LogP contribution in [0, 0.1) is 0 Å². The minimum absolute atomic E-state index is 0.615. The summed E-state index contributed by atoms with van der Waals surface area (Å²) in [6.45, 7) is 6.12. The van der Waals surface area contributed by atoms with Crippen LogP contribution in [0.15, 0.2) is 22.0 Å². The smallest absolute Gasteiger partial charge is 0.134 e. The van der Waals surface area contributed by atoms with Gasteiger partial charge < -0.3 is 14.8 Å². The maximum absolute atomic E-state index is 5.76. The molecule has 0 aliphatic heterocycles. The highest BCUT2D eigenvalue weighted by molar-refractivity contribution is 9.10. The summed E-state index contributed by atoms with van der Waals surface area (Å²) in [6, 6.07) is 3.95. The molecule has 120 valence electrons. The Morgan fingerprint density at radius 3 is 2.59 bits per heavy atom. The number of hydrogen-bond donors (Lipinski definition) is 1. The molecule has 0 aliphatic carbocycles. The highest BCUT2D eigenvalue weighted by atomic mass is 79.9. The van der Waals surface area contributed by atoms with Gasteiger partial charge in [-0.3, -0.25) is 0 Å². The molecule has 0 unspecified atom stereocenters. The van der Waals surface area contributed by atoms with Crippen molar-refractivity contribution in [2.24, 2.45) is 0 Å². The van der Waals surface area contributed by atoms with Crippen molar-refractivity contribution in [2.75, 3.05) is 26.8 Å². The van der Waals surface area contributed by atoms with Crippen LogP contribution in [0.4, 0.5) is 0 Å². The quantitative estimate of drug-likeness (QED) is 0.742. The zero-order valence-corrected chi connectivity index (χ0v) is 15.5. The van der Waals surface area contributed by atoms with E-state index in [1.807, 2.05) is 33.0 Å². The number of rotatable bonds is 8. The molecule has 0 radical (unpaired) electrons. The van der Waals surface area contributed by atoms with Crippen LogP contribution in [0.2, 0.25) is 0 Å². The van der Waals surface area contributed by atoms with Crippen LogP contribution in [-0.2, 0) is 6.42 Å².